The molecule has 0 heterocycles. The Kier molecular flexibility index (Phi) is 6.64. The molecule has 0 amide bonds. The van der Waals surface area contributed by atoms with Crippen LogP contribution in [-0.4, -0.2) is 10.0 Å². The van der Waals surface area contributed by atoms with Crippen molar-refractivity contribution in [3.05, 3.63) is 0 Å². The summed E-state index contributed by atoms with van der Waals surface area (Å²) < 4.78 is 2.97. The van der Waals surface area contributed by atoms with Crippen molar-refractivity contribution in [2.45, 2.75) is 12.8 Å². The molecule has 0 aromatic rings. The second-order valence-electron chi connectivity index (χ2n) is 1.37. The maximum absolute atomic E-state index is 10.3. The monoisotopic (exact) mass is 328 g/mol. The van der Waals surface area contributed by atoms with E-state index in [4.69, 9.17) is 0 Å². The quantitative estimate of drug-likeness (QED) is 0.573. The van der Waals surface area contributed by atoms with Gasteiger partial charge in [0.05, 0.1) is 0 Å². The standard InChI is InChI=1S/C4H8AtNOS/c5-4(7)2-1-3-6-8/h6,8H,1-3H2. The van der Waals surface area contributed by atoms with Gasteiger partial charge >= 0.3 is 69.9 Å². The van der Waals surface area contributed by atoms with E-state index in [9.17, 15) is 4.79 Å². The number of carbonyl (C=O) groups is 1. The Balaban J connectivity index is 2.82. The Bertz CT molecular complexity index is 78.4. The normalized spacial score (nSPS) is 9.25. The van der Waals surface area contributed by atoms with E-state index in [0.29, 0.717) is 9.91 Å². The minimum absolute atomic E-state index is 0.300. The first-order valence-corrected chi connectivity index (χ1v) is 4.24. The zero-order valence-corrected chi connectivity index (χ0v) is 8.19. The maximum atomic E-state index is 10.3. The van der Waals surface area contributed by atoms with Crippen LogP contribution in [0.15, 0.2) is 0 Å². The molecular formula is C4H8AtNOS. The molecule has 0 aliphatic rings. The summed E-state index contributed by atoms with van der Waals surface area (Å²) in [6.07, 6.45) is 1.59. The summed E-state index contributed by atoms with van der Waals surface area (Å²) in [5.41, 5.74) is 0. The van der Waals surface area contributed by atoms with Gasteiger partial charge in [0.2, 0.25) is 0 Å². The Morgan fingerprint density at radius 3 is 2.75 bits per heavy atom. The molecular weight excluding hydrogens is 320 g/mol. The van der Waals surface area contributed by atoms with Crippen molar-refractivity contribution in [2.75, 3.05) is 6.54 Å². The summed E-state index contributed by atoms with van der Waals surface area (Å²) >= 11 is 5.00. The van der Waals surface area contributed by atoms with E-state index in [2.05, 4.69) is 17.5 Å². The number of carbonyl (C=O) groups excluding carboxylic acids is 1. The van der Waals surface area contributed by atoms with E-state index in [-0.39, 0.29) is 0 Å². The summed E-state index contributed by atoms with van der Waals surface area (Å²) in [7, 11) is 0. The molecule has 0 saturated carbocycles. The van der Waals surface area contributed by atoms with Crippen LogP contribution in [0.4, 0.5) is 0 Å². The van der Waals surface area contributed by atoms with Gasteiger partial charge in [0.1, 0.15) is 0 Å². The molecule has 0 radical (unpaired) electrons. The summed E-state index contributed by atoms with van der Waals surface area (Å²) in [5.74, 6) is 0. The fourth-order valence-electron chi connectivity index (χ4n) is 0.306. The van der Waals surface area contributed by atoms with E-state index in [1.54, 1.807) is 0 Å². The first-order valence-electron chi connectivity index (χ1n) is 2.32. The van der Waals surface area contributed by atoms with Gasteiger partial charge in [-0.25, -0.2) is 0 Å². The Morgan fingerprint density at radius 1 is 1.75 bits per heavy atom. The van der Waals surface area contributed by atoms with Crippen molar-refractivity contribution in [3.63, 3.8) is 0 Å². The summed E-state index contributed by atoms with van der Waals surface area (Å²) in [5, 5.41) is 0. The van der Waals surface area contributed by atoms with Gasteiger partial charge in [-0.05, 0) is 0 Å². The molecule has 0 saturated heterocycles. The van der Waals surface area contributed by atoms with Crippen LogP contribution in [0.25, 0.3) is 0 Å². The molecule has 2 nitrogen and oxygen atoms in total. The van der Waals surface area contributed by atoms with Crippen LogP contribution in [0.5, 0.6) is 0 Å². The van der Waals surface area contributed by atoms with Gasteiger partial charge in [-0.15, -0.1) is 0 Å². The predicted molar refractivity (Wildman–Crippen MR) is 31.2 cm³/mol. The topological polar surface area (TPSA) is 29.1 Å². The first kappa shape index (κ1) is 8.86. The molecule has 48 valence electrons. The molecule has 0 unspecified atom stereocenters. The predicted octanol–water partition coefficient (Wildman–Crippen LogP) is 0.277. The van der Waals surface area contributed by atoms with Gasteiger partial charge in [0.15, 0.2) is 0 Å². The third-order valence-corrected chi connectivity index (χ3v) is 1.62. The van der Waals surface area contributed by atoms with Gasteiger partial charge in [0, 0.05) is 0 Å². The summed E-state index contributed by atoms with van der Waals surface area (Å²) in [6.45, 7) is 0.817. The second-order valence-corrected chi connectivity index (χ2v) is 3.32. The molecule has 0 aromatic heterocycles. The molecule has 8 heavy (non-hydrogen) atoms. The average Bonchev–Trinajstić information content (AvgIpc) is 1.66. The van der Waals surface area contributed by atoms with Crippen LogP contribution in [0, 0.1) is 24.7 Å². The number of hydrogen-bond acceptors (Lipinski definition) is 3. The molecule has 0 bridgehead atoms. The molecule has 0 aliphatic carbocycles. The first-order chi connectivity index (χ1) is 3.77. The molecule has 0 fully saturated rings. The summed E-state index contributed by atoms with van der Waals surface area (Å²) in [6, 6.07) is 0. The fraction of sp³-hybridized carbons (Fsp3) is 0.750. The van der Waals surface area contributed by atoms with Crippen molar-refractivity contribution >= 4 is 16.3 Å². The van der Waals surface area contributed by atoms with E-state index >= 15 is 0 Å². The summed E-state index contributed by atoms with van der Waals surface area (Å²) in [4.78, 5) is 10.3. The van der Waals surface area contributed by atoms with Crippen molar-refractivity contribution in [3.8, 4) is 0 Å². The van der Waals surface area contributed by atoms with E-state index in [1.165, 1.54) is 24.7 Å². The van der Waals surface area contributed by atoms with E-state index < -0.39 is 0 Å². The van der Waals surface area contributed by atoms with Gasteiger partial charge in [-0.2, -0.15) is 0 Å². The minimum atomic E-state index is 0.300. The number of nitrogens with one attached hydrogen (secondary N) is 1. The average molecular weight is 328 g/mol. The number of hydrogen-bond donors (Lipinski definition) is 2. The third kappa shape index (κ3) is 6.86. The van der Waals surface area contributed by atoms with Crippen molar-refractivity contribution < 1.29 is 29.5 Å². The van der Waals surface area contributed by atoms with Crippen LogP contribution >= 0.6 is 12.8 Å². The molecule has 0 aliphatic heterocycles. The van der Waals surface area contributed by atoms with E-state index in [1.807, 2.05) is 0 Å². The van der Waals surface area contributed by atoms with Crippen LogP contribution in [0.2, 0.25) is 0 Å². The third-order valence-electron chi connectivity index (χ3n) is 0.662. The number of rotatable bonds is 4. The van der Waals surface area contributed by atoms with Gasteiger partial charge in [0.25, 0.3) is 0 Å². The molecule has 0 atom stereocenters. The van der Waals surface area contributed by atoms with Gasteiger partial charge in [-0.3, -0.25) is 0 Å². The van der Waals surface area contributed by atoms with Crippen LogP contribution in [-0.2, 0) is 4.79 Å². The van der Waals surface area contributed by atoms with Crippen LogP contribution in [0.3, 0.4) is 0 Å². The molecule has 0 rings (SSSR count). The van der Waals surface area contributed by atoms with Crippen molar-refractivity contribution in [1.82, 2.24) is 4.72 Å². The van der Waals surface area contributed by atoms with E-state index in [0.717, 1.165) is 13.0 Å². The molecule has 4 heteroatoms. The number of thiol groups is 1. The van der Waals surface area contributed by atoms with Gasteiger partial charge in [-0.1, -0.05) is 0 Å². The van der Waals surface area contributed by atoms with Gasteiger partial charge < -0.3 is 0 Å². The molecule has 0 aromatic carbocycles. The van der Waals surface area contributed by atoms with Crippen molar-refractivity contribution in [1.29, 1.82) is 0 Å². The van der Waals surface area contributed by atoms with Crippen LogP contribution < -0.4 is 4.72 Å². The van der Waals surface area contributed by atoms with Crippen LogP contribution in [0.1, 0.15) is 12.8 Å². The second kappa shape index (κ2) is 5.99. The Morgan fingerprint density at radius 2 is 2.38 bits per heavy atom. The fourth-order valence-corrected chi connectivity index (χ4v) is 0.984. The zero-order valence-electron chi connectivity index (χ0n) is 4.35. The van der Waals surface area contributed by atoms with Crippen molar-refractivity contribution in [2.24, 2.45) is 0 Å². The zero-order chi connectivity index (χ0) is 6.41. The molecule has 1 N–H and O–H groups in total. The Labute approximate surface area is 69.8 Å². The molecule has 0 spiro atoms. The Hall–Kier alpha value is 0.863. The SMILES string of the molecule is O=C([At])CCCNS.